The van der Waals surface area contributed by atoms with E-state index in [0.717, 1.165) is 45.1 Å². The summed E-state index contributed by atoms with van der Waals surface area (Å²) in [6.07, 6.45) is 9.95. The molecule has 11 heteroatoms. The van der Waals surface area contributed by atoms with Crippen molar-refractivity contribution in [2.45, 2.75) is 83.1 Å². The molecule has 1 saturated carbocycles. The van der Waals surface area contributed by atoms with Crippen LogP contribution in [0.1, 0.15) is 65.2 Å². The van der Waals surface area contributed by atoms with Crippen molar-refractivity contribution in [3.63, 3.8) is 0 Å². The third-order valence-corrected chi connectivity index (χ3v) is 9.07. The van der Waals surface area contributed by atoms with Crippen LogP contribution < -0.4 is 11.1 Å². The highest BCUT2D eigenvalue weighted by Gasteiger charge is 2.50. The van der Waals surface area contributed by atoms with E-state index in [1.807, 2.05) is 13.8 Å². The Labute approximate surface area is 244 Å². The molecule has 228 valence electrons. The monoisotopic (exact) mass is 572 g/mol. The van der Waals surface area contributed by atoms with E-state index in [4.69, 9.17) is 20.2 Å². The number of allylic oxidation sites excluding steroid dienone is 1. The molecule has 3 saturated heterocycles. The molecule has 4 rings (SSSR count). The molecule has 3 aliphatic heterocycles. The Hall–Kier alpha value is -2.76. The molecular weight excluding hydrogens is 524 g/mol. The van der Waals surface area contributed by atoms with Gasteiger partial charge in [0.15, 0.2) is 11.6 Å². The van der Waals surface area contributed by atoms with Crippen LogP contribution in [0.2, 0.25) is 0 Å². The van der Waals surface area contributed by atoms with Crippen LogP contribution in [0.5, 0.6) is 0 Å². The van der Waals surface area contributed by atoms with Gasteiger partial charge in [-0.15, -0.1) is 0 Å². The number of rotatable bonds is 11. The number of Topliss-reactive ketones (excluding diaryl/α,β-unsaturated/α-hetero) is 1. The molecule has 0 aromatic carbocycles. The number of piperazine rings is 1. The Morgan fingerprint density at radius 2 is 1.90 bits per heavy atom. The maximum absolute atomic E-state index is 14.1. The van der Waals surface area contributed by atoms with Gasteiger partial charge in [-0.05, 0) is 52.6 Å². The lowest BCUT2D eigenvalue weighted by Crippen LogP contribution is -2.53. The standard InChI is InChI=1S/C30H48N6O5/c1-4-8-24(29(39)25-10-5-6-11-30(25)40-15-16-41-30)28(31)26(33-20-37)17-27(32-18-23-9-7-12-34(23)3)35-13-14-36(21-38)22(2)19-35/h17,20-23,25H,4-16,18-19,31H2,1-3H3,(H,33,37)/b26-17-,28-24?,32-27?/t22-,23-,25+/m0/s1. The number of carbonyl (C=O) groups excluding carboxylic acids is 3. The summed E-state index contributed by atoms with van der Waals surface area (Å²) >= 11 is 0. The van der Waals surface area contributed by atoms with E-state index in [1.165, 1.54) is 0 Å². The summed E-state index contributed by atoms with van der Waals surface area (Å²) in [6.45, 7) is 8.43. The molecule has 4 aliphatic rings. The van der Waals surface area contributed by atoms with Crippen LogP contribution in [-0.4, -0.2) is 110 Å². The summed E-state index contributed by atoms with van der Waals surface area (Å²) in [6, 6.07) is 0.351. The first-order valence-corrected chi connectivity index (χ1v) is 15.3. The van der Waals surface area contributed by atoms with Crippen LogP contribution in [0.25, 0.3) is 0 Å². The Morgan fingerprint density at radius 3 is 2.54 bits per heavy atom. The van der Waals surface area contributed by atoms with Gasteiger partial charge in [-0.2, -0.15) is 0 Å². The maximum Gasteiger partial charge on any atom is 0.211 e. The van der Waals surface area contributed by atoms with Gasteiger partial charge >= 0.3 is 0 Å². The second-order valence-corrected chi connectivity index (χ2v) is 11.7. The fraction of sp³-hybridized carbons (Fsp3) is 0.733. The van der Waals surface area contributed by atoms with Gasteiger partial charge in [-0.3, -0.25) is 19.4 Å². The van der Waals surface area contributed by atoms with Crippen LogP contribution in [0, 0.1) is 5.92 Å². The number of likely N-dealkylation sites (N-methyl/N-ethyl adjacent to an activating group) is 1. The number of nitrogens with two attached hydrogens (primary N) is 1. The molecule has 3 heterocycles. The van der Waals surface area contributed by atoms with Gasteiger partial charge in [-0.25, -0.2) is 0 Å². The van der Waals surface area contributed by atoms with Crippen LogP contribution in [0.4, 0.5) is 0 Å². The van der Waals surface area contributed by atoms with Crippen molar-refractivity contribution in [2.75, 3.05) is 53.0 Å². The molecule has 0 bridgehead atoms. The highest BCUT2D eigenvalue weighted by atomic mass is 16.7. The van der Waals surface area contributed by atoms with Crippen molar-refractivity contribution >= 4 is 24.4 Å². The van der Waals surface area contributed by atoms with Crippen molar-refractivity contribution in [3.8, 4) is 0 Å². The van der Waals surface area contributed by atoms with E-state index < -0.39 is 11.7 Å². The zero-order valence-corrected chi connectivity index (χ0v) is 25.0. The van der Waals surface area contributed by atoms with E-state index in [9.17, 15) is 14.4 Å². The number of amides is 2. The van der Waals surface area contributed by atoms with Gasteiger partial charge < -0.3 is 35.2 Å². The normalized spacial score (nSPS) is 28.1. The summed E-state index contributed by atoms with van der Waals surface area (Å²) in [5.74, 6) is -0.691. The number of nitrogens with zero attached hydrogens (tertiary/aromatic N) is 4. The number of likely N-dealkylation sites (tertiary alicyclic amines) is 1. The molecule has 11 nitrogen and oxygen atoms in total. The maximum atomic E-state index is 14.1. The van der Waals surface area contributed by atoms with E-state index >= 15 is 0 Å². The lowest BCUT2D eigenvalue weighted by atomic mass is 9.77. The zero-order valence-electron chi connectivity index (χ0n) is 25.0. The molecule has 0 aromatic heterocycles. The molecule has 4 fully saturated rings. The Morgan fingerprint density at radius 1 is 1.12 bits per heavy atom. The zero-order chi connectivity index (χ0) is 29.4. The first kappa shape index (κ1) is 31.2. The average molecular weight is 573 g/mol. The number of ether oxygens (including phenoxy) is 2. The first-order valence-electron chi connectivity index (χ1n) is 15.3. The molecule has 3 atom stereocenters. The third-order valence-electron chi connectivity index (χ3n) is 9.07. The van der Waals surface area contributed by atoms with Crippen LogP contribution in [0.3, 0.4) is 0 Å². The van der Waals surface area contributed by atoms with E-state index in [2.05, 4.69) is 22.2 Å². The van der Waals surface area contributed by atoms with Gasteiger partial charge in [-0.1, -0.05) is 19.8 Å². The van der Waals surface area contributed by atoms with Gasteiger partial charge in [0.05, 0.1) is 37.1 Å². The van der Waals surface area contributed by atoms with Crippen LogP contribution in [0.15, 0.2) is 28.0 Å². The van der Waals surface area contributed by atoms with Crippen LogP contribution in [-0.2, 0) is 23.9 Å². The number of amidine groups is 1. The lowest BCUT2D eigenvalue weighted by Gasteiger charge is -2.39. The number of hydrogen-bond donors (Lipinski definition) is 2. The van der Waals surface area contributed by atoms with Gasteiger partial charge in [0.2, 0.25) is 12.8 Å². The van der Waals surface area contributed by atoms with E-state index in [1.54, 1.807) is 11.0 Å². The fourth-order valence-electron chi connectivity index (χ4n) is 6.65. The minimum Gasteiger partial charge on any atom is -0.397 e. The van der Waals surface area contributed by atoms with Gasteiger partial charge in [0.1, 0.15) is 5.84 Å². The molecule has 41 heavy (non-hydrogen) atoms. The number of nitrogens with one attached hydrogen (secondary N) is 1. The second-order valence-electron chi connectivity index (χ2n) is 11.7. The largest absolute Gasteiger partial charge is 0.397 e. The molecule has 1 spiro atoms. The molecular formula is C30H48N6O5. The number of ketones is 1. The summed E-state index contributed by atoms with van der Waals surface area (Å²) in [5, 5.41) is 2.78. The molecule has 2 amide bonds. The summed E-state index contributed by atoms with van der Waals surface area (Å²) in [5.41, 5.74) is 7.88. The SMILES string of the molecule is CCCC(C(=O)[C@H]1CCCCC12OCCO2)=C(N)/C(=C/C(=NC[C@@H]1CCCN1C)N1CCN(C=O)[C@@H](C)C1)NC=O. The minimum atomic E-state index is -0.884. The molecule has 0 unspecified atom stereocenters. The topological polar surface area (TPSA) is 130 Å². The van der Waals surface area contributed by atoms with Crippen molar-refractivity contribution in [3.05, 3.63) is 23.0 Å². The quantitative estimate of drug-likeness (QED) is 0.126. The summed E-state index contributed by atoms with van der Waals surface area (Å²) in [7, 11) is 2.12. The highest BCUT2D eigenvalue weighted by molar-refractivity contribution is 6.00. The van der Waals surface area contributed by atoms with Gasteiger partial charge in [0, 0.05) is 49.8 Å². The average Bonchev–Trinajstić information content (AvgIpc) is 3.61. The molecule has 0 radical (unpaired) electrons. The summed E-state index contributed by atoms with van der Waals surface area (Å²) < 4.78 is 12.1. The molecule has 0 aromatic rings. The highest BCUT2D eigenvalue weighted by Crippen LogP contribution is 2.42. The first-order chi connectivity index (χ1) is 19.8. The Bertz CT molecular complexity index is 1040. The predicted octanol–water partition coefficient (Wildman–Crippen LogP) is 1.79. The van der Waals surface area contributed by atoms with Crippen LogP contribution >= 0.6 is 0 Å². The van der Waals surface area contributed by atoms with E-state index in [-0.39, 0.29) is 17.5 Å². The van der Waals surface area contributed by atoms with Gasteiger partial charge in [0.25, 0.3) is 0 Å². The lowest BCUT2D eigenvalue weighted by molar-refractivity contribution is -0.209. The fourth-order valence-corrected chi connectivity index (χ4v) is 6.65. The third kappa shape index (κ3) is 7.18. The van der Waals surface area contributed by atoms with Crippen molar-refractivity contribution in [1.29, 1.82) is 0 Å². The number of carbonyl (C=O) groups is 3. The Kier molecular flexibility index (Phi) is 11.0. The van der Waals surface area contributed by atoms with Crippen molar-refractivity contribution in [1.82, 2.24) is 20.0 Å². The van der Waals surface area contributed by atoms with Crippen molar-refractivity contribution in [2.24, 2.45) is 16.6 Å². The van der Waals surface area contributed by atoms with Crippen molar-refractivity contribution < 1.29 is 23.9 Å². The molecule has 3 N–H and O–H groups in total. The predicted molar refractivity (Wildman–Crippen MR) is 157 cm³/mol. The molecule has 1 aliphatic carbocycles. The minimum absolute atomic E-state index is 0.00973. The summed E-state index contributed by atoms with van der Waals surface area (Å²) in [4.78, 5) is 48.7. The Balaban J connectivity index is 1.70. The number of aliphatic imine (C=N–C) groups is 1. The second kappa shape index (κ2) is 14.4. The number of hydrogen-bond acceptors (Lipinski definition) is 8. The van der Waals surface area contributed by atoms with E-state index in [0.29, 0.717) is 88.2 Å². The smallest absolute Gasteiger partial charge is 0.211 e.